The molecule has 0 spiro atoms. The van der Waals surface area contributed by atoms with Crippen LogP contribution >= 0.6 is 11.3 Å². The monoisotopic (exact) mass is 374 g/mol. The molecule has 0 aliphatic carbocycles. The van der Waals surface area contributed by atoms with Crippen molar-refractivity contribution in [1.29, 1.82) is 5.41 Å². The highest BCUT2D eigenvalue weighted by Crippen LogP contribution is 2.16. The van der Waals surface area contributed by atoms with Gasteiger partial charge in [-0.05, 0) is 26.3 Å². The van der Waals surface area contributed by atoms with E-state index in [9.17, 15) is 9.59 Å². The predicted molar refractivity (Wildman–Crippen MR) is 101 cm³/mol. The summed E-state index contributed by atoms with van der Waals surface area (Å²) in [5.74, 6) is -0.414. The highest BCUT2D eigenvalue weighted by Gasteiger charge is 2.27. The highest BCUT2D eigenvalue weighted by atomic mass is 32.1. The van der Waals surface area contributed by atoms with Gasteiger partial charge in [-0.1, -0.05) is 24.3 Å². The Morgan fingerprint density at radius 3 is 2.62 bits per heavy atom. The predicted octanol–water partition coefficient (Wildman–Crippen LogP) is 2.75. The minimum atomic E-state index is -0.878. The van der Waals surface area contributed by atoms with Crippen molar-refractivity contribution in [1.82, 2.24) is 10.3 Å². The summed E-state index contributed by atoms with van der Waals surface area (Å²) in [6, 6.07) is 6.15. The van der Waals surface area contributed by atoms with E-state index in [0.29, 0.717) is 16.1 Å². The fraction of sp³-hybridized carbons (Fsp3) is 0.333. The minimum Gasteiger partial charge on any atom is -0.444 e. The Hall–Kier alpha value is -2.74. The summed E-state index contributed by atoms with van der Waals surface area (Å²) in [7, 11) is 0. The van der Waals surface area contributed by atoms with Crippen LogP contribution in [0.25, 0.3) is 0 Å². The van der Waals surface area contributed by atoms with Crippen molar-refractivity contribution in [2.45, 2.75) is 38.8 Å². The molecule has 26 heavy (non-hydrogen) atoms. The second-order valence-corrected chi connectivity index (χ2v) is 7.57. The van der Waals surface area contributed by atoms with E-state index in [4.69, 9.17) is 15.9 Å². The zero-order valence-corrected chi connectivity index (χ0v) is 15.7. The number of benzene rings is 1. The van der Waals surface area contributed by atoms with Crippen molar-refractivity contribution < 1.29 is 14.3 Å². The molecule has 0 aliphatic heterocycles. The number of nitrogens with zero attached hydrogens (tertiary/aromatic N) is 1. The number of thiazole rings is 1. The van der Waals surface area contributed by atoms with E-state index >= 15 is 0 Å². The van der Waals surface area contributed by atoms with E-state index in [1.54, 1.807) is 50.4 Å². The van der Waals surface area contributed by atoms with Gasteiger partial charge in [0, 0.05) is 23.6 Å². The highest BCUT2D eigenvalue weighted by molar-refractivity contribution is 7.11. The molecule has 0 radical (unpaired) electrons. The van der Waals surface area contributed by atoms with E-state index < -0.39 is 17.7 Å². The molecule has 0 saturated carbocycles. The summed E-state index contributed by atoms with van der Waals surface area (Å²) < 4.78 is 5.26. The lowest BCUT2D eigenvalue weighted by Gasteiger charge is -2.23. The number of carbonyl (C=O) groups excluding carboxylic acids is 2. The molecule has 0 fully saturated rings. The zero-order valence-electron chi connectivity index (χ0n) is 14.9. The molecule has 8 heteroatoms. The summed E-state index contributed by atoms with van der Waals surface area (Å²) in [6.07, 6.45) is 1.02. The Kier molecular flexibility index (Phi) is 6.10. The smallest absolute Gasteiger partial charge is 0.408 e. The molecule has 4 N–H and O–H groups in total. The maximum atomic E-state index is 12.8. The number of hydrogen-bond donors (Lipinski definition) is 3. The van der Waals surface area contributed by atoms with Crippen molar-refractivity contribution in [2.75, 3.05) is 0 Å². The number of Topliss-reactive ketones (excluding diaryl/α,β-unsaturated/α-hetero) is 1. The molecule has 1 atom stereocenters. The van der Waals surface area contributed by atoms with Gasteiger partial charge in [-0.3, -0.25) is 10.2 Å². The third-order valence-electron chi connectivity index (χ3n) is 3.38. The van der Waals surface area contributed by atoms with Gasteiger partial charge in [-0.25, -0.2) is 9.78 Å². The van der Waals surface area contributed by atoms with Gasteiger partial charge in [-0.15, -0.1) is 11.3 Å². The van der Waals surface area contributed by atoms with Gasteiger partial charge < -0.3 is 15.8 Å². The largest absolute Gasteiger partial charge is 0.444 e. The molecule has 0 aliphatic rings. The maximum absolute atomic E-state index is 12.8. The SMILES string of the molecule is CC(C)(C)OC(=O)N[C@@H](Cc1ccccc1C(=N)N)C(=O)c1nccs1. The number of nitrogen functional groups attached to an aromatic ring is 1. The van der Waals surface area contributed by atoms with Crippen LogP contribution in [0.15, 0.2) is 35.8 Å². The van der Waals surface area contributed by atoms with E-state index in [1.165, 1.54) is 17.5 Å². The summed E-state index contributed by atoms with van der Waals surface area (Å²) in [5, 5.41) is 12.3. The van der Waals surface area contributed by atoms with Crippen molar-refractivity contribution in [3.05, 3.63) is 52.0 Å². The van der Waals surface area contributed by atoms with E-state index in [0.717, 1.165) is 0 Å². The van der Waals surface area contributed by atoms with Gasteiger partial charge in [0.2, 0.25) is 5.78 Å². The average molecular weight is 374 g/mol. The number of nitrogens with one attached hydrogen (secondary N) is 2. The van der Waals surface area contributed by atoms with Crippen molar-refractivity contribution >= 4 is 29.0 Å². The number of hydrogen-bond acceptors (Lipinski definition) is 6. The van der Waals surface area contributed by atoms with Crippen LogP contribution in [0.4, 0.5) is 4.79 Å². The van der Waals surface area contributed by atoms with E-state index in [2.05, 4.69) is 10.3 Å². The number of carbonyl (C=O) groups is 2. The summed E-state index contributed by atoms with van der Waals surface area (Å²) in [4.78, 5) is 29.0. The topological polar surface area (TPSA) is 118 Å². The molecular weight excluding hydrogens is 352 g/mol. The summed E-state index contributed by atoms with van der Waals surface area (Å²) >= 11 is 1.20. The van der Waals surface area contributed by atoms with E-state index in [1.807, 2.05) is 0 Å². The van der Waals surface area contributed by atoms with Crippen molar-refractivity contribution in [2.24, 2.45) is 5.73 Å². The number of alkyl carbamates (subject to hydrolysis) is 1. The average Bonchev–Trinajstić information content (AvgIpc) is 3.06. The van der Waals surface area contributed by atoms with Crippen LogP contribution in [0.1, 0.15) is 41.7 Å². The van der Waals surface area contributed by atoms with Gasteiger partial charge >= 0.3 is 6.09 Å². The Bertz CT molecular complexity index is 797. The fourth-order valence-electron chi connectivity index (χ4n) is 2.33. The fourth-order valence-corrected chi connectivity index (χ4v) is 2.96. The van der Waals surface area contributed by atoms with Crippen LogP contribution < -0.4 is 11.1 Å². The lowest BCUT2D eigenvalue weighted by molar-refractivity contribution is 0.0491. The third kappa shape index (κ3) is 5.38. The van der Waals surface area contributed by atoms with Gasteiger partial charge in [0.05, 0.1) is 0 Å². The first-order chi connectivity index (χ1) is 12.2. The molecule has 7 nitrogen and oxygen atoms in total. The minimum absolute atomic E-state index is 0.0988. The van der Waals surface area contributed by atoms with Crippen LogP contribution in [-0.2, 0) is 11.2 Å². The zero-order chi connectivity index (χ0) is 19.3. The van der Waals surface area contributed by atoms with Gasteiger partial charge in [0.15, 0.2) is 5.01 Å². The van der Waals surface area contributed by atoms with Crippen LogP contribution in [-0.4, -0.2) is 34.3 Å². The molecule has 0 bridgehead atoms. The first-order valence-electron chi connectivity index (χ1n) is 8.03. The van der Waals surface area contributed by atoms with Gasteiger partial charge in [0.1, 0.15) is 17.5 Å². The molecule has 1 aromatic carbocycles. The lowest BCUT2D eigenvalue weighted by Crippen LogP contribution is -2.45. The number of ether oxygens (including phenoxy) is 1. The van der Waals surface area contributed by atoms with Gasteiger partial charge in [-0.2, -0.15) is 0 Å². The molecule has 0 saturated heterocycles. The Morgan fingerprint density at radius 2 is 2.04 bits per heavy atom. The number of rotatable bonds is 6. The standard InChI is InChI=1S/C18H22N4O3S/c1-18(2,3)25-17(24)22-13(14(23)16-21-8-9-26-16)10-11-6-4-5-7-12(11)15(19)20/h4-9,13H,10H2,1-3H3,(H3,19,20)(H,22,24)/t13-/m0/s1. The van der Waals surface area contributed by atoms with Gasteiger partial charge in [0.25, 0.3) is 0 Å². The molecule has 2 aromatic rings. The molecule has 1 amide bonds. The Balaban J connectivity index is 2.28. The number of ketones is 1. The van der Waals surface area contributed by atoms with Crippen LogP contribution in [0.2, 0.25) is 0 Å². The van der Waals surface area contributed by atoms with Crippen LogP contribution in [0.5, 0.6) is 0 Å². The Morgan fingerprint density at radius 1 is 1.35 bits per heavy atom. The molecule has 0 unspecified atom stereocenters. The second kappa shape index (κ2) is 8.09. The van der Waals surface area contributed by atoms with Crippen molar-refractivity contribution in [3.63, 3.8) is 0 Å². The quantitative estimate of drug-likeness (QED) is 0.408. The summed E-state index contributed by atoms with van der Waals surface area (Å²) in [6.45, 7) is 5.24. The third-order valence-corrected chi connectivity index (χ3v) is 4.17. The second-order valence-electron chi connectivity index (χ2n) is 6.68. The number of amidine groups is 1. The molecule has 2 rings (SSSR count). The molecule has 138 valence electrons. The number of nitrogens with two attached hydrogens (primary N) is 1. The molecule has 1 aromatic heterocycles. The van der Waals surface area contributed by atoms with Crippen LogP contribution in [0.3, 0.4) is 0 Å². The maximum Gasteiger partial charge on any atom is 0.408 e. The van der Waals surface area contributed by atoms with Crippen molar-refractivity contribution in [3.8, 4) is 0 Å². The molecule has 1 heterocycles. The first-order valence-corrected chi connectivity index (χ1v) is 8.91. The summed E-state index contributed by atoms with van der Waals surface area (Å²) in [5.41, 5.74) is 6.15. The van der Waals surface area contributed by atoms with E-state index in [-0.39, 0.29) is 18.0 Å². The number of aromatic nitrogens is 1. The normalized spacial score (nSPS) is 12.3. The Labute approximate surface area is 156 Å². The van der Waals surface area contributed by atoms with Crippen LogP contribution in [0, 0.1) is 5.41 Å². The number of amides is 1. The first kappa shape index (κ1) is 19.6. The molecular formula is C18H22N4O3S. The lowest BCUT2D eigenvalue weighted by atomic mass is 9.97.